The van der Waals surface area contributed by atoms with Gasteiger partial charge in [0, 0.05) is 4.47 Å². The van der Waals surface area contributed by atoms with Crippen molar-refractivity contribution < 1.29 is 13.2 Å². The number of nitrogens with zero attached hydrogens (tertiary/aromatic N) is 3. The molecule has 0 radical (unpaired) electrons. The molecule has 1 N–H and O–H groups in total. The quantitative estimate of drug-likeness (QED) is 0.901. The summed E-state index contributed by atoms with van der Waals surface area (Å²) in [6.07, 6.45) is 2.22. The lowest BCUT2D eigenvalue weighted by Crippen LogP contribution is -2.17. The molecule has 1 aromatic heterocycles. The molecule has 0 amide bonds. The summed E-state index contributed by atoms with van der Waals surface area (Å²) >= 11 is 3.25. The number of ether oxygens (including phenoxy) is 1. The van der Waals surface area contributed by atoms with E-state index in [2.05, 4.69) is 35.6 Å². The molecule has 100 valence electrons. The molecule has 0 atom stereocenters. The predicted octanol–water partition coefficient (Wildman–Crippen LogP) is 1.44. The van der Waals surface area contributed by atoms with Crippen LogP contribution >= 0.6 is 15.9 Å². The predicted molar refractivity (Wildman–Crippen MR) is 71.3 cm³/mol. The van der Waals surface area contributed by atoms with E-state index >= 15 is 0 Å². The number of hydrogen-bond acceptors (Lipinski definition) is 6. The minimum atomic E-state index is -3.89. The summed E-state index contributed by atoms with van der Waals surface area (Å²) in [5.41, 5.74) is 0.283. The molecule has 7 nitrogen and oxygen atoms in total. The molecule has 1 heterocycles. The first-order chi connectivity index (χ1) is 9.04. The van der Waals surface area contributed by atoms with Crippen LogP contribution in [0.5, 0.6) is 5.75 Å². The molecule has 0 aliphatic rings. The van der Waals surface area contributed by atoms with Gasteiger partial charge < -0.3 is 4.74 Å². The summed E-state index contributed by atoms with van der Waals surface area (Å²) in [6.45, 7) is 0. The first kappa shape index (κ1) is 13.7. The highest BCUT2D eigenvalue weighted by Gasteiger charge is 2.20. The Bertz CT molecular complexity index is 678. The van der Waals surface area contributed by atoms with E-state index in [1.165, 1.54) is 7.11 Å². The maximum Gasteiger partial charge on any atom is 0.297 e. The highest BCUT2D eigenvalue weighted by Crippen LogP contribution is 2.33. The molecule has 0 bridgehead atoms. The van der Waals surface area contributed by atoms with Gasteiger partial charge in [-0.1, -0.05) is 6.07 Å². The first-order valence-electron chi connectivity index (χ1n) is 5.02. The van der Waals surface area contributed by atoms with Crippen molar-refractivity contribution >= 4 is 31.6 Å². The molecule has 2 rings (SSSR count). The van der Waals surface area contributed by atoms with Gasteiger partial charge in [0.1, 0.15) is 24.1 Å². The number of hydrogen-bond donors (Lipinski definition) is 1. The van der Waals surface area contributed by atoms with Crippen molar-refractivity contribution in [3.63, 3.8) is 0 Å². The van der Waals surface area contributed by atoms with E-state index < -0.39 is 10.0 Å². The van der Waals surface area contributed by atoms with Crippen LogP contribution in [0.1, 0.15) is 0 Å². The molecule has 0 fully saturated rings. The zero-order chi connectivity index (χ0) is 13.9. The van der Waals surface area contributed by atoms with Crippen LogP contribution < -0.4 is 9.46 Å². The smallest absolute Gasteiger partial charge is 0.297 e. The van der Waals surface area contributed by atoms with E-state index in [-0.39, 0.29) is 10.8 Å². The van der Waals surface area contributed by atoms with Crippen molar-refractivity contribution in [1.29, 1.82) is 0 Å². The Labute approximate surface area is 118 Å². The molecule has 0 spiro atoms. The Kier molecular flexibility index (Phi) is 3.96. The highest BCUT2D eigenvalue weighted by atomic mass is 79.9. The lowest BCUT2D eigenvalue weighted by molar-refractivity contribution is 0.416. The summed E-state index contributed by atoms with van der Waals surface area (Å²) in [7, 11) is -2.44. The molecular formula is C10H9BrN4O3S. The number of methoxy groups -OCH3 is 1. The maximum absolute atomic E-state index is 12.1. The number of para-hydroxylation sites is 1. The zero-order valence-electron chi connectivity index (χ0n) is 9.74. The average molecular weight is 345 g/mol. The van der Waals surface area contributed by atoms with Gasteiger partial charge in [-0.15, -0.1) is 0 Å². The summed E-state index contributed by atoms with van der Waals surface area (Å²) < 4.78 is 32.2. The van der Waals surface area contributed by atoms with Gasteiger partial charge >= 0.3 is 0 Å². The average Bonchev–Trinajstić information content (AvgIpc) is 2.42. The van der Waals surface area contributed by atoms with Gasteiger partial charge in [-0.2, -0.15) is 8.42 Å². The van der Waals surface area contributed by atoms with Crippen LogP contribution in [0.3, 0.4) is 0 Å². The van der Waals surface area contributed by atoms with E-state index in [1.807, 2.05) is 0 Å². The van der Waals surface area contributed by atoms with Gasteiger partial charge in [0.2, 0.25) is 0 Å². The van der Waals surface area contributed by atoms with Crippen LogP contribution in [0, 0.1) is 0 Å². The number of nitrogens with one attached hydrogen (secondary N) is 1. The van der Waals surface area contributed by atoms with Gasteiger partial charge in [-0.3, -0.25) is 4.72 Å². The molecule has 19 heavy (non-hydrogen) atoms. The van der Waals surface area contributed by atoms with Crippen molar-refractivity contribution in [1.82, 2.24) is 15.0 Å². The monoisotopic (exact) mass is 344 g/mol. The number of benzene rings is 1. The van der Waals surface area contributed by atoms with Crippen LogP contribution in [-0.2, 0) is 10.0 Å². The third-order valence-corrected chi connectivity index (χ3v) is 3.97. The van der Waals surface area contributed by atoms with Crippen molar-refractivity contribution in [2.45, 2.75) is 5.16 Å². The van der Waals surface area contributed by atoms with Crippen molar-refractivity contribution in [2.75, 3.05) is 11.8 Å². The highest BCUT2D eigenvalue weighted by molar-refractivity contribution is 9.10. The molecule has 9 heteroatoms. The molecule has 0 aliphatic heterocycles. The summed E-state index contributed by atoms with van der Waals surface area (Å²) in [5.74, 6) is 0.381. The second-order valence-corrected chi connectivity index (χ2v) is 5.77. The fourth-order valence-electron chi connectivity index (χ4n) is 1.32. The van der Waals surface area contributed by atoms with Crippen molar-refractivity contribution in [2.24, 2.45) is 0 Å². The Morgan fingerprint density at radius 3 is 2.58 bits per heavy atom. The van der Waals surface area contributed by atoms with Crippen molar-refractivity contribution in [3.8, 4) is 5.75 Å². The van der Waals surface area contributed by atoms with E-state index in [0.29, 0.717) is 10.2 Å². The first-order valence-corrected chi connectivity index (χ1v) is 7.29. The van der Waals surface area contributed by atoms with E-state index in [0.717, 1.165) is 12.7 Å². The molecule has 2 aromatic rings. The fraction of sp³-hybridized carbons (Fsp3) is 0.100. The van der Waals surface area contributed by atoms with Crippen LogP contribution in [-0.4, -0.2) is 30.5 Å². The standard InChI is InChI=1S/C10H9BrN4O3S/c1-18-8-4-2-3-7(11)9(8)15-19(16,17)10-13-5-12-6-14-10/h2-6,15H,1H3. The van der Waals surface area contributed by atoms with Gasteiger partial charge in [0.15, 0.2) is 0 Å². The Balaban J connectivity index is 2.42. The second kappa shape index (κ2) is 5.49. The SMILES string of the molecule is COc1cccc(Br)c1NS(=O)(=O)c1ncncn1. The number of aromatic nitrogens is 3. The van der Waals surface area contributed by atoms with Gasteiger partial charge in [0.05, 0.1) is 7.11 Å². The fourth-order valence-corrected chi connectivity index (χ4v) is 2.84. The van der Waals surface area contributed by atoms with Crippen LogP contribution in [0.2, 0.25) is 0 Å². The minimum Gasteiger partial charge on any atom is -0.495 e. The molecule has 0 saturated heterocycles. The number of halogens is 1. The van der Waals surface area contributed by atoms with Gasteiger partial charge in [0.25, 0.3) is 15.2 Å². The summed E-state index contributed by atoms with van der Waals surface area (Å²) in [6, 6.07) is 5.05. The van der Waals surface area contributed by atoms with Crippen LogP contribution in [0.15, 0.2) is 40.5 Å². The Hall–Kier alpha value is -1.74. The van der Waals surface area contributed by atoms with Crippen LogP contribution in [0.25, 0.3) is 0 Å². The largest absolute Gasteiger partial charge is 0.495 e. The van der Waals surface area contributed by atoms with E-state index in [1.54, 1.807) is 18.2 Å². The molecule has 1 aromatic carbocycles. The molecule has 0 saturated carbocycles. The summed E-state index contributed by atoms with van der Waals surface area (Å²) in [5, 5.41) is -0.361. The third-order valence-electron chi connectivity index (χ3n) is 2.14. The van der Waals surface area contributed by atoms with Gasteiger partial charge in [-0.05, 0) is 28.1 Å². The third kappa shape index (κ3) is 2.99. The molecule has 0 unspecified atom stereocenters. The lowest BCUT2D eigenvalue weighted by Gasteiger charge is -2.12. The number of rotatable bonds is 4. The number of sulfonamides is 1. The van der Waals surface area contributed by atoms with Gasteiger partial charge in [-0.25, -0.2) is 15.0 Å². The summed E-state index contributed by atoms with van der Waals surface area (Å²) in [4.78, 5) is 10.8. The topological polar surface area (TPSA) is 94.1 Å². The minimum absolute atomic E-state index is 0.283. The van der Waals surface area contributed by atoms with E-state index in [9.17, 15) is 8.42 Å². The molecule has 0 aliphatic carbocycles. The van der Waals surface area contributed by atoms with Crippen molar-refractivity contribution in [3.05, 3.63) is 35.3 Å². The maximum atomic E-state index is 12.1. The number of anilines is 1. The zero-order valence-corrected chi connectivity index (χ0v) is 12.1. The second-order valence-electron chi connectivity index (χ2n) is 3.34. The van der Waals surface area contributed by atoms with E-state index in [4.69, 9.17) is 4.74 Å². The molecular weight excluding hydrogens is 336 g/mol. The Morgan fingerprint density at radius 2 is 1.95 bits per heavy atom. The normalized spacial score (nSPS) is 11.1. The Morgan fingerprint density at radius 1 is 1.26 bits per heavy atom. The van der Waals surface area contributed by atoms with Crippen LogP contribution in [0.4, 0.5) is 5.69 Å². The lowest BCUT2D eigenvalue weighted by atomic mass is 10.3.